The molecule has 1 aliphatic rings. The van der Waals surface area contributed by atoms with Gasteiger partial charge in [0.1, 0.15) is 12.6 Å². The van der Waals surface area contributed by atoms with Gasteiger partial charge in [0.15, 0.2) is 0 Å². The van der Waals surface area contributed by atoms with E-state index >= 15 is 0 Å². The molecule has 140 valence electrons. The van der Waals surface area contributed by atoms with Crippen LogP contribution in [0.25, 0.3) is 11.1 Å². The topological polar surface area (TPSA) is 78.6 Å². The Hall–Kier alpha value is -2.57. The van der Waals surface area contributed by atoms with Crippen molar-refractivity contribution in [3.05, 3.63) is 72.3 Å². The van der Waals surface area contributed by atoms with E-state index in [1.54, 1.807) is 11.8 Å². The highest BCUT2D eigenvalue weighted by molar-refractivity contribution is 7.99. The molecule has 5 nitrogen and oxygen atoms in total. The summed E-state index contributed by atoms with van der Waals surface area (Å²) >= 11 is 1.56. The van der Waals surface area contributed by atoms with E-state index in [-0.39, 0.29) is 12.5 Å². The largest absolute Gasteiger partial charge is 0.516 e. The Bertz CT molecular complexity index is 806. The number of fused-ring (bicyclic) bond motifs is 3. The summed E-state index contributed by atoms with van der Waals surface area (Å²) in [6.07, 6.45) is 0.331. The Labute approximate surface area is 162 Å². The zero-order chi connectivity index (χ0) is 19.2. The third-order valence-electron chi connectivity index (χ3n) is 4.35. The van der Waals surface area contributed by atoms with Crippen molar-refractivity contribution in [2.24, 2.45) is 5.73 Å². The standard InChI is InChI=1S/C21H21NO4S/c1-2-11-25-21(24)26-20(23)19(22)13-27-12-18-16-9-5-3-7-14(16)15-8-4-6-10-17(15)18/h2-10,18-19H,1,11-13,22H2/t19-/m0/s1. The number of nitrogens with two attached hydrogens (primary N) is 1. The molecular formula is C21H21NO4S. The first-order chi connectivity index (χ1) is 13.1. The van der Waals surface area contributed by atoms with Crippen molar-refractivity contribution in [2.75, 3.05) is 18.1 Å². The highest BCUT2D eigenvalue weighted by atomic mass is 32.2. The number of ether oxygens (including phenoxy) is 2. The third kappa shape index (κ3) is 4.40. The molecule has 27 heavy (non-hydrogen) atoms. The average Bonchev–Trinajstić information content (AvgIpc) is 3.00. The Morgan fingerprint density at radius 1 is 1.11 bits per heavy atom. The predicted molar refractivity (Wildman–Crippen MR) is 107 cm³/mol. The van der Waals surface area contributed by atoms with E-state index in [1.165, 1.54) is 28.3 Å². The van der Waals surface area contributed by atoms with Crippen LogP contribution in [-0.4, -0.2) is 36.3 Å². The third-order valence-corrected chi connectivity index (χ3v) is 5.51. The van der Waals surface area contributed by atoms with Gasteiger partial charge in [0.25, 0.3) is 0 Å². The fourth-order valence-electron chi connectivity index (χ4n) is 3.13. The zero-order valence-corrected chi connectivity index (χ0v) is 15.6. The van der Waals surface area contributed by atoms with Crippen LogP contribution in [0.4, 0.5) is 4.79 Å². The molecule has 2 aromatic rings. The van der Waals surface area contributed by atoms with Crippen LogP contribution in [0.1, 0.15) is 17.0 Å². The summed E-state index contributed by atoms with van der Waals surface area (Å²) in [5.74, 6) is 0.608. The van der Waals surface area contributed by atoms with Crippen LogP contribution in [0, 0.1) is 0 Å². The molecule has 0 aliphatic heterocycles. The lowest BCUT2D eigenvalue weighted by molar-refractivity contribution is -0.140. The van der Waals surface area contributed by atoms with Gasteiger partial charge in [-0.25, -0.2) is 9.59 Å². The number of rotatable bonds is 7. The molecule has 0 spiro atoms. The second kappa shape index (κ2) is 8.88. The molecule has 1 aliphatic carbocycles. The number of thioether (sulfide) groups is 1. The minimum absolute atomic E-state index is 0.0173. The van der Waals surface area contributed by atoms with E-state index in [9.17, 15) is 9.59 Å². The van der Waals surface area contributed by atoms with Gasteiger partial charge in [-0.1, -0.05) is 61.2 Å². The molecular weight excluding hydrogens is 362 g/mol. The molecule has 2 N–H and O–H groups in total. The van der Waals surface area contributed by atoms with Crippen LogP contribution < -0.4 is 5.73 Å². The number of carbonyl (C=O) groups excluding carboxylic acids is 2. The van der Waals surface area contributed by atoms with Crippen molar-refractivity contribution in [1.29, 1.82) is 0 Å². The van der Waals surface area contributed by atoms with E-state index in [2.05, 4.69) is 40.3 Å². The molecule has 0 bridgehead atoms. The maximum Gasteiger partial charge on any atom is 0.516 e. The van der Waals surface area contributed by atoms with Gasteiger partial charge in [0.2, 0.25) is 0 Å². The van der Waals surface area contributed by atoms with Crippen LogP contribution in [-0.2, 0) is 14.3 Å². The summed E-state index contributed by atoms with van der Waals surface area (Å²) in [5.41, 5.74) is 10.9. The summed E-state index contributed by atoms with van der Waals surface area (Å²) in [6, 6.07) is 15.8. The monoisotopic (exact) mass is 383 g/mol. The molecule has 0 radical (unpaired) electrons. The van der Waals surface area contributed by atoms with E-state index in [0.717, 1.165) is 5.75 Å². The van der Waals surface area contributed by atoms with E-state index < -0.39 is 18.2 Å². The molecule has 3 rings (SSSR count). The number of hydrogen-bond acceptors (Lipinski definition) is 6. The van der Waals surface area contributed by atoms with Gasteiger partial charge in [-0.05, 0) is 22.3 Å². The molecule has 0 heterocycles. The minimum Gasteiger partial charge on any atom is -0.430 e. The highest BCUT2D eigenvalue weighted by Crippen LogP contribution is 2.45. The lowest BCUT2D eigenvalue weighted by Gasteiger charge is -2.15. The number of esters is 1. The maximum absolute atomic E-state index is 11.9. The van der Waals surface area contributed by atoms with Gasteiger partial charge >= 0.3 is 12.1 Å². The Kier molecular flexibility index (Phi) is 6.32. The summed E-state index contributed by atoms with van der Waals surface area (Å²) in [4.78, 5) is 23.2. The second-order valence-corrected chi connectivity index (χ2v) is 7.22. The molecule has 2 aromatic carbocycles. The summed E-state index contributed by atoms with van der Waals surface area (Å²) in [5, 5.41) is 0. The first-order valence-corrected chi connectivity index (χ1v) is 9.78. The number of carbonyl (C=O) groups is 2. The number of hydrogen-bond donors (Lipinski definition) is 1. The van der Waals surface area contributed by atoms with Crippen molar-refractivity contribution in [1.82, 2.24) is 0 Å². The first kappa shape index (κ1) is 19.2. The van der Waals surface area contributed by atoms with Crippen LogP contribution in [0.3, 0.4) is 0 Å². The normalized spacial score (nSPS) is 13.4. The summed E-state index contributed by atoms with van der Waals surface area (Å²) in [7, 11) is 0. The number of benzene rings is 2. The van der Waals surface area contributed by atoms with Gasteiger partial charge in [0.05, 0.1) is 0 Å². The minimum atomic E-state index is -1.06. The molecule has 6 heteroatoms. The van der Waals surface area contributed by atoms with Gasteiger partial charge in [0, 0.05) is 17.4 Å². The maximum atomic E-state index is 11.9. The zero-order valence-electron chi connectivity index (χ0n) is 14.8. The molecule has 0 saturated carbocycles. The van der Waals surface area contributed by atoms with Gasteiger partial charge in [-0.2, -0.15) is 11.8 Å². The van der Waals surface area contributed by atoms with Crippen LogP contribution in [0.15, 0.2) is 61.2 Å². The van der Waals surface area contributed by atoms with Crippen LogP contribution >= 0.6 is 11.8 Å². The van der Waals surface area contributed by atoms with Crippen molar-refractivity contribution in [3.63, 3.8) is 0 Å². The fraction of sp³-hybridized carbons (Fsp3) is 0.238. The van der Waals surface area contributed by atoms with Crippen molar-refractivity contribution in [3.8, 4) is 11.1 Å². The summed E-state index contributed by atoms with van der Waals surface area (Å²) in [6.45, 7) is 3.39. The fourth-order valence-corrected chi connectivity index (χ4v) is 4.26. The molecule has 1 atom stereocenters. The van der Waals surface area contributed by atoms with Gasteiger partial charge in [-0.15, -0.1) is 0 Å². The van der Waals surface area contributed by atoms with Crippen molar-refractivity contribution >= 4 is 23.9 Å². The Morgan fingerprint density at radius 3 is 2.30 bits per heavy atom. The predicted octanol–water partition coefficient (Wildman–Crippen LogP) is 3.73. The lowest BCUT2D eigenvalue weighted by atomic mass is 9.99. The van der Waals surface area contributed by atoms with Gasteiger partial charge in [-0.3, -0.25) is 0 Å². The van der Waals surface area contributed by atoms with Gasteiger partial charge < -0.3 is 15.2 Å². The smallest absolute Gasteiger partial charge is 0.430 e. The summed E-state index contributed by atoms with van der Waals surface area (Å²) < 4.78 is 9.18. The highest BCUT2D eigenvalue weighted by Gasteiger charge is 2.28. The SMILES string of the molecule is C=CCOC(=O)OC(=O)[C@@H](N)CSCC1c2ccccc2-c2ccccc21. The molecule has 0 saturated heterocycles. The average molecular weight is 383 g/mol. The Morgan fingerprint density at radius 2 is 1.70 bits per heavy atom. The quantitative estimate of drug-likeness (QED) is 0.446. The molecule has 0 unspecified atom stereocenters. The van der Waals surface area contributed by atoms with Crippen LogP contribution in [0.2, 0.25) is 0 Å². The van der Waals surface area contributed by atoms with Crippen molar-refractivity contribution in [2.45, 2.75) is 12.0 Å². The van der Waals surface area contributed by atoms with E-state index in [0.29, 0.717) is 5.75 Å². The second-order valence-electron chi connectivity index (χ2n) is 6.14. The molecule has 0 amide bonds. The van der Waals surface area contributed by atoms with Crippen molar-refractivity contribution < 1.29 is 19.1 Å². The van der Waals surface area contributed by atoms with E-state index in [1.807, 2.05) is 24.3 Å². The molecule has 0 fully saturated rings. The first-order valence-electron chi connectivity index (χ1n) is 8.62. The lowest BCUT2D eigenvalue weighted by Crippen LogP contribution is -2.36. The van der Waals surface area contributed by atoms with E-state index in [4.69, 9.17) is 5.73 Å². The molecule has 0 aromatic heterocycles. The Balaban J connectivity index is 1.57. The van der Waals surface area contributed by atoms with Crippen LogP contribution in [0.5, 0.6) is 0 Å².